The highest BCUT2D eigenvalue weighted by Gasteiger charge is 2.19. The molecule has 0 saturated carbocycles. The highest BCUT2D eigenvalue weighted by atomic mass is 16.1. The molecule has 1 heterocycles. The number of hydrogen-bond acceptors (Lipinski definition) is 3. The van der Waals surface area contributed by atoms with Crippen molar-refractivity contribution in [1.29, 1.82) is 0 Å². The summed E-state index contributed by atoms with van der Waals surface area (Å²) in [6.45, 7) is 2.00. The fourth-order valence-corrected chi connectivity index (χ4v) is 2.49. The van der Waals surface area contributed by atoms with Crippen LogP contribution in [0.25, 0.3) is 0 Å². The van der Waals surface area contributed by atoms with E-state index in [4.69, 9.17) is 0 Å². The highest BCUT2D eigenvalue weighted by Crippen LogP contribution is 2.23. The zero-order chi connectivity index (χ0) is 16.1. The van der Waals surface area contributed by atoms with E-state index in [2.05, 4.69) is 15.2 Å². The van der Waals surface area contributed by atoms with E-state index in [0.29, 0.717) is 12.1 Å². The van der Waals surface area contributed by atoms with Gasteiger partial charge in [-0.25, -0.2) is 4.99 Å². The largest absolute Gasteiger partial charge is 0.272 e. The smallest absolute Gasteiger partial charge is 0.250 e. The van der Waals surface area contributed by atoms with Crippen LogP contribution in [0.5, 0.6) is 0 Å². The first-order chi connectivity index (χ1) is 11.2. The van der Waals surface area contributed by atoms with Gasteiger partial charge in [-0.2, -0.15) is 10.2 Å². The zero-order valence-corrected chi connectivity index (χ0v) is 12.9. The second-order valence-electron chi connectivity index (χ2n) is 5.39. The van der Waals surface area contributed by atoms with Crippen molar-refractivity contribution in [3.63, 3.8) is 0 Å². The zero-order valence-electron chi connectivity index (χ0n) is 12.9. The second-order valence-corrected chi connectivity index (χ2v) is 5.39. The molecule has 2 aromatic rings. The summed E-state index contributed by atoms with van der Waals surface area (Å²) in [5.41, 5.74) is 3.70. The summed E-state index contributed by atoms with van der Waals surface area (Å²) >= 11 is 0. The third kappa shape index (κ3) is 3.66. The van der Waals surface area contributed by atoms with E-state index >= 15 is 0 Å². The van der Waals surface area contributed by atoms with E-state index in [1.165, 1.54) is 0 Å². The van der Waals surface area contributed by atoms with Crippen LogP contribution >= 0.6 is 0 Å². The molecule has 2 aromatic carbocycles. The lowest BCUT2D eigenvalue weighted by Crippen LogP contribution is -2.13. The number of carbonyl (C=O) groups excluding carboxylic acids is 1. The summed E-state index contributed by atoms with van der Waals surface area (Å²) < 4.78 is 0. The van der Waals surface area contributed by atoms with E-state index in [9.17, 15) is 4.79 Å². The van der Waals surface area contributed by atoms with Gasteiger partial charge in [0.25, 0.3) is 0 Å². The Morgan fingerprint density at radius 2 is 1.83 bits per heavy atom. The van der Waals surface area contributed by atoms with Gasteiger partial charge in [0.2, 0.25) is 5.91 Å². The first-order valence-corrected chi connectivity index (χ1v) is 7.51. The molecule has 23 heavy (non-hydrogen) atoms. The fourth-order valence-electron chi connectivity index (χ4n) is 2.49. The molecule has 1 aliphatic heterocycles. The van der Waals surface area contributed by atoms with Crippen LogP contribution in [0.1, 0.15) is 22.7 Å². The Bertz CT molecular complexity index is 791. The molecule has 0 fully saturated rings. The quantitative estimate of drug-likeness (QED) is 0.837. The van der Waals surface area contributed by atoms with E-state index in [1.807, 2.05) is 61.5 Å². The van der Waals surface area contributed by atoms with E-state index in [1.54, 1.807) is 12.3 Å². The van der Waals surface area contributed by atoms with Gasteiger partial charge in [-0.3, -0.25) is 4.79 Å². The van der Waals surface area contributed by atoms with Gasteiger partial charge in [0.05, 0.1) is 18.3 Å². The van der Waals surface area contributed by atoms with E-state index < -0.39 is 0 Å². The van der Waals surface area contributed by atoms with E-state index in [-0.39, 0.29) is 11.9 Å². The summed E-state index contributed by atoms with van der Waals surface area (Å²) in [4.78, 5) is 16.6. The summed E-state index contributed by atoms with van der Waals surface area (Å²) in [7, 11) is 0. The van der Waals surface area contributed by atoms with Crippen LogP contribution in [-0.2, 0) is 11.2 Å². The maximum atomic E-state index is 12.3. The average molecular weight is 303 g/mol. The van der Waals surface area contributed by atoms with Crippen LogP contribution in [0.4, 0.5) is 0 Å². The molecule has 0 spiro atoms. The second kappa shape index (κ2) is 6.92. The van der Waals surface area contributed by atoms with Crippen molar-refractivity contribution in [1.82, 2.24) is 0 Å². The van der Waals surface area contributed by atoms with Gasteiger partial charge in [-0.15, -0.1) is 0 Å². The monoisotopic (exact) mass is 303 g/mol. The Balaban J connectivity index is 1.82. The predicted octanol–water partition coefficient (Wildman–Crippen LogP) is 4.23. The van der Waals surface area contributed by atoms with Crippen LogP contribution in [-0.4, -0.2) is 11.6 Å². The van der Waals surface area contributed by atoms with Crippen molar-refractivity contribution in [3.8, 4) is 0 Å². The molecule has 4 heteroatoms. The fraction of sp³-hybridized carbons (Fsp3) is 0.158. The Morgan fingerprint density at radius 1 is 1.09 bits per heavy atom. The van der Waals surface area contributed by atoms with Gasteiger partial charge in [0.1, 0.15) is 6.04 Å². The molecule has 0 saturated heterocycles. The number of amides is 1. The Hall–Kier alpha value is -2.88. The van der Waals surface area contributed by atoms with Crippen LogP contribution in [0.2, 0.25) is 0 Å². The Morgan fingerprint density at radius 3 is 2.61 bits per heavy atom. The molecule has 0 bridgehead atoms. The lowest BCUT2D eigenvalue weighted by Gasteiger charge is -2.14. The molecule has 0 aromatic heterocycles. The van der Waals surface area contributed by atoms with Crippen molar-refractivity contribution >= 4 is 11.6 Å². The third-order valence-corrected chi connectivity index (χ3v) is 3.75. The summed E-state index contributed by atoms with van der Waals surface area (Å²) in [5, 5.41) is 8.16. The molecule has 4 nitrogen and oxygen atoms in total. The molecule has 1 amide bonds. The standard InChI is InChI=1S/C19H17N3O/c1-14-7-5-6-10-16(14)13-18(23)21-17-11-12-20-22-19(17)15-8-3-2-4-9-15/h2-12,19H,13H2,1H3. The van der Waals surface area contributed by atoms with E-state index in [0.717, 1.165) is 16.7 Å². The van der Waals surface area contributed by atoms with Crippen LogP contribution in [0.3, 0.4) is 0 Å². The molecule has 1 unspecified atom stereocenters. The lowest BCUT2D eigenvalue weighted by atomic mass is 10.0. The highest BCUT2D eigenvalue weighted by molar-refractivity contribution is 6.06. The normalized spacial score (nSPS) is 18.3. The molecule has 3 rings (SSSR count). The summed E-state index contributed by atoms with van der Waals surface area (Å²) in [6, 6.07) is 17.3. The van der Waals surface area contributed by atoms with Crippen LogP contribution in [0.15, 0.2) is 82.1 Å². The van der Waals surface area contributed by atoms with Gasteiger partial charge in [0.15, 0.2) is 0 Å². The van der Waals surface area contributed by atoms with Gasteiger partial charge in [-0.05, 0) is 29.7 Å². The molecular weight excluding hydrogens is 286 g/mol. The number of benzene rings is 2. The number of aliphatic imine (C=N–C) groups is 1. The third-order valence-electron chi connectivity index (χ3n) is 3.75. The van der Waals surface area contributed by atoms with Crippen molar-refractivity contribution < 1.29 is 4.79 Å². The summed E-state index contributed by atoms with van der Waals surface area (Å²) in [5.74, 6) is -0.169. The number of azo groups is 1. The van der Waals surface area contributed by atoms with Gasteiger partial charge >= 0.3 is 0 Å². The van der Waals surface area contributed by atoms with Crippen molar-refractivity contribution in [2.24, 2.45) is 15.2 Å². The average Bonchev–Trinajstić information content (AvgIpc) is 2.58. The Kier molecular flexibility index (Phi) is 4.52. The predicted molar refractivity (Wildman–Crippen MR) is 90.5 cm³/mol. The number of aryl methyl sites for hydroxylation is 1. The maximum absolute atomic E-state index is 12.3. The molecule has 1 atom stereocenters. The number of hydrogen-bond donors (Lipinski definition) is 0. The van der Waals surface area contributed by atoms with Crippen molar-refractivity contribution in [2.75, 3.05) is 0 Å². The van der Waals surface area contributed by atoms with Gasteiger partial charge < -0.3 is 0 Å². The van der Waals surface area contributed by atoms with Crippen molar-refractivity contribution in [3.05, 3.63) is 83.6 Å². The minimum absolute atomic E-state index is 0.169. The minimum Gasteiger partial charge on any atom is -0.272 e. The first-order valence-electron chi connectivity index (χ1n) is 7.51. The lowest BCUT2D eigenvalue weighted by molar-refractivity contribution is -0.117. The van der Waals surface area contributed by atoms with Crippen LogP contribution < -0.4 is 0 Å². The molecule has 0 aliphatic carbocycles. The van der Waals surface area contributed by atoms with Crippen molar-refractivity contribution in [2.45, 2.75) is 19.4 Å². The summed E-state index contributed by atoms with van der Waals surface area (Å²) in [6.07, 6.45) is 3.61. The molecule has 1 aliphatic rings. The molecular formula is C19H17N3O. The Labute approximate surface area is 135 Å². The number of carbonyl (C=O) groups is 1. The molecule has 114 valence electrons. The van der Waals surface area contributed by atoms with Gasteiger partial charge in [-0.1, -0.05) is 54.6 Å². The number of nitrogens with zero attached hydrogens (tertiary/aromatic N) is 3. The number of rotatable bonds is 3. The molecule has 0 radical (unpaired) electrons. The maximum Gasteiger partial charge on any atom is 0.250 e. The SMILES string of the molecule is Cc1ccccc1CC(=O)N=C1C=CN=NC1c1ccccc1. The molecule has 0 N–H and O–H groups in total. The topological polar surface area (TPSA) is 54.1 Å². The first kappa shape index (κ1) is 15.0. The van der Waals surface area contributed by atoms with Gasteiger partial charge in [0, 0.05) is 0 Å². The minimum atomic E-state index is -0.318. The van der Waals surface area contributed by atoms with Crippen LogP contribution in [0, 0.1) is 6.92 Å².